The number of carbonyl (C=O) groups excluding carboxylic acids is 1. The van der Waals surface area contributed by atoms with Crippen LogP contribution >= 0.6 is 12.2 Å². The van der Waals surface area contributed by atoms with E-state index in [-0.39, 0.29) is 23.8 Å². The molecule has 0 saturated heterocycles. The first-order valence-electron chi connectivity index (χ1n) is 8.43. The van der Waals surface area contributed by atoms with Crippen LogP contribution in [0.15, 0.2) is 48.7 Å². The molecule has 0 fully saturated rings. The molecule has 1 amide bonds. The summed E-state index contributed by atoms with van der Waals surface area (Å²) >= 11 is 5.15. The summed E-state index contributed by atoms with van der Waals surface area (Å²) in [5.41, 5.74) is 1.88. The van der Waals surface area contributed by atoms with E-state index in [1.54, 1.807) is 22.7 Å². The molecule has 3 N–H and O–H groups in total. The molecular weight excluding hydrogens is 348 g/mol. The van der Waals surface area contributed by atoms with Gasteiger partial charge in [0.05, 0.1) is 5.56 Å². The zero-order valence-corrected chi connectivity index (χ0v) is 15.6. The van der Waals surface area contributed by atoms with Crippen molar-refractivity contribution in [1.29, 1.82) is 0 Å². The van der Waals surface area contributed by atoms with Gasteiger partial charge >= 0.3 is 0 Å². The second kappa shape index (κ2) is 7.39. The van der Waals surface area contributed by atoms with Crippen LogP contribution in [0.4, 0.5) is 0 Å². The van der Waals surface area contributed by atoms with Gasteiger partial charge in [0.2, 0.25) is 0 Å². The first-order chi connectivity index (χ1) is 12.4. The molecule has 0 aliphatic heterocycles. The Hall–Kier alpha value is -2.51. The second-order valence-corrected chi connectivity index (χ2v) is 7.38. The Morgan fingerprint density at radius 2 is 2.04 bits per heavy atom. The molecule has 26 heavy (non-hydrogen) atoms. The van der Waals surface area contributed by atoms with E-state index in [1.165, 1.54) is 0 Å². The third-order valence-corrected chi connectivity index (χ3v) is 4.98. The predicted molar refractivity (Wildman–Crippen MR) is 103 cm³/mol. The lowest BCUT2D eigenvalue weighted by atomic mass is 9.75. The van der Waals surface area contributed by atoms with E-state index >= 15 is 0 Å². The maximum atomic E-state index is 12.6. The first kappa shape index (κ1) is 18.3. The molecule has 0 radical (unpaired) electrons. The third kappa shape index (κ3) is 3.68. The molecule has 136 valence electrons. The lowest BCUT2D eigenvalue weighted by Gasteiger charge is -2.33. The largest absolute Gasteiger partial charge is 0.396 e. The minimum absolute atomic E-state index is 0.0162. The summed E-state index contributed by atoms with van der Waals surface area (Å²) in [5.74, 6) is -0.206. The van der Waals surface area contributed by atoms with Crippen LogP contribution in [0.1, 0.15) is 35.7 Å². The van der Waals surface area contributed by atoms with Gasteiger partial charge in [0.1, 0.15) is 0 Å². The zero-order valence-electron chi connectivity index (χ0n) is 14.8. The topological polar surface area (TPSA) is 82.4 Å². The molecule has 6 nitrogen and oxygen atoms in total. The highest BCUT2D eigenvalue weighted by Crippen LogP contribution is 2.34. The van der Waals surface area contributed by atoms with E-state index < -0.39 is 0 Å². The summed E-state index contributed by atoms with van der Waals surface area (Å²) < 4.78 is 2.11. The van der Waals surface area contributed by atoms with Gasteiger partial charge in [-0.05, 0) is 35.3 Å². The monoisotopic (exact) mass is 370 g/mol. The molecule has 1 atom stereocenters. The number of amides is 1. The number of aliphatic hydroxyl groups is 1. The van der Waals surface area contributed by atoms with Crippen LogP contribution in [0.5, 0.6) is 0 Å². The lowest BCUT2D eigenvalue weighted by Crippen LogP contribution is -2.37. The number of aromatic nitrogens is 3. The van der Waals surface area contributed by atoms with Crippen LogP contribution in [-0.4, -0.2) is 38.8 Å². The Balaban J connectivity index is 1.80. The van der Waals surface area contributed by atoms with Crippen molar-refractivity contribution < 1.29 is 9.90 Å². The standard InChI is InChI=1S/C19H22N4O2S/c1-19(2,12-24)15(13-6-4-3-5-7-13)10-20-17(25)14-8-9-16-21-22-18(26)23(16)11-14/h3-9,11,15,24H,10,12H2,1-2H3,(H,20,25)(H,22,26). The van der Waals surface area contributed by atoms with Crippen LogP contribution in [0, 0.1) is 10.2 Å². The SMILES string of the molecule is CC(C)(CO)C(CNC(=O)c1ccc2n[nH]c(=S)n2c1)c1ccccc1. The van der Waals surface area contributed by atoms with Crippen LogP contribution in [-0.2, 0) is 0 Å². The second-order valence-electron chi connectivity index (χ2n) is 6.99. The first-order valence-corrected chi connectivity index (χ1v) is 8.84. The van der Waals surface area contributed by atoms with Crippen molar-refractivity contribution in [3.63, 3.8) is 0 Å². The van der Waals surface area contributed by atoms with Crippen molar-refractivity contribution >= 4 is 23.8 Å². The third-order valence-electron chi connectivity index (χ3n) is 4.69. The number of carbonyl (C=O) groups is 1. The molecular formula is C19H22N4O2S. The summed E-state index contributed by atoms with van der Waals surface area (Å²) in [7, 11) is 0. The number of pyridine rings is 1. The van der Waals surface area contributed by atoms with E-state index in [9.17, 15) is 9.90 Å². The Morgan fingerprint density at radius 3 is 2.73 bits per heavy atom. The smallest absolute Gasteiger partial charge is 0.252 e. The normalized spacial score (nSPS) is 12.9. The number of nitrogens with one attached hydrogen (secondary N) is 2. The minimum atomic E-state index is -0.369. The average Bonchev–Trinajstić information content (AvgIpc) is 3.03. The maximum Gasteiger partial charge on any atom is 0.252 e. The molecule has 0 spiro atoms. The summed E-state index contributed by atoms with van der Waals surface area (Å²) in [5, 5.41) is 19.5. The van der Waals surface area contributed by atoms with E-state index in [0.717, 1.165) is 5.56 Å². The van der Waals surface area contributed by atoms with Gasteiger partial charge in [-0.15, -0.1) is 0 Å². The molecule has 0 aliphatic rings. The number of fused-ring (bicyclic) bond motifs is 1. The fourth-order valence-electron chi connectivity index (χ4n) is 2.98. The molecule has 1 unspecified atom stereocenters. The number of hydrogen-bond donors (Lipinski definition) is 3. The van der Waals surface area contributed by atoms with Crippen molar-refractivity contribution in [3.05, 3.63) is 64.6 Å². The van der Waals surface area contributed by atoms with E-state index in [2.05, 4.69) is 15.5 Å². The van der Waals surface area contributed by atoms with Gasteiger partial charge in [-0.25, -0.2) is 0 Å². The molecule has 3 aromatic rings. The quantitative estimate of drug-likeness (QED) is 0.583. The Morgan fingerprint density at radius 1 is 1.31 bits per heavy atom. The van der Waals surface area contributed by atoms with Crippen LogP contribution in [0.25, 0.3) is 5.65 Å². The summed E-state index contributed by atoms with van der Waals surface area (Å²) in [6.45, 7) is 4.44. The number of H-pyrrole nitrogens is 1. The fourth-order valence-corrected chi connectivity index (χ4v) is 3.17. The summed E-state index contributed by atoms with van der Waals surface area (Å²) in [4.78, 5) is 12.6. The zero-order chi connectivity index (χ0) is 18.7. The van der Waals surface area contributed by atoms with Gasteiger partial charge in [0.25, 0.3) is 5.91 Å². The maximum absolute atomic E-state index is 12.6. The Kier molecular flexibility index (Phi) is 5.20. The highest BCUT2D eigenvalue weighted by Gasteiger charge is 2.30. The summed E-state index contributed by atoms with van der Waals surface area (Å²) in [6, 6.07) is 13.4. The van der Waals surface area contributed by atoms with Crippen LogP contribution in [0.3, 0.4) is 0 Å². The Labute approximate surface area is 156 Å². The van der Waals surface area contributed by atoms with Gasteiger partial charge in [-0.3, -0.25) is 14.3 Å². The van der Waals surface area contributed by atoms with Gasteiger partial charge in [0.15, 0.2) is 10.4 Å². The average molecular weight is 370 g/mol. The minimum Gasteiger partial charge on any atom is -0.396 e. The number of rotatable bonds is 6. The number of nitrogens with zero attached hydrogens (tertiary/aromatic N) is 2. The van der Waals surface area contributed by atoms with E-state index in [4.69, 9.17) is 12.2 Å². The van der Waals surface area contributed by atoms with Gasteiger partial charge < -0.3 is 10.4 Å². The Bertz CT molecular complexity index is 962. The number of aromatic amines is 1. The molecule has 0 bridgehead atoms. The molecule has 0 saturated carbocycles. The molecule has 3 rings (SSSR count). The van der Waals surface area contributed by atoms with Gasteiger partial charge in [-0.1, -0.05) is 44.2 Å². The number of benzene rings is 1. The number of aliphatic hydroxyl groups excluding tert-OH is 1. The van der Waals surface area contributed by atoms with Gasteiger partial charge in [-0.2, -0.15) is 5.10 Å². The van der Waals surface area contributed by atoms with Crippen molar-refractivity contribution in [2.75, 3.05) is 13.2 Å². The van der Waals surface area contributed by atoms with Crippen LogP contribution < -0.4 is 5.32 Å². The highest BCUT2D eigenvalue weighted by molar-refractivity contribution is 7.71. The number of hydrogen-bond acceptors (Lipinski definition) is 4. The van der Waals surface area contributed by atoms with Crippen molar-refractivity contribution in [2.24, 2.45) is 5.41 Å². The molecule has 2 aromatic heterocycles. The predicted octanol–water partition coefficient (Wildman–Crippen LogP) is 2.92. The molecule has 2 heterocycles. The molecule has 1 aromatic carbocycles. The van der Waals surface area contributed by atoms with Crippen molar-refractivity contribution in [3.8, 4) is 0 Å². The molecule has 0 aliphatic carbocycles. The fraction of sp³-hybridized carbons (Fsp3) is 0.316. The van der Waals surface area contributed by atoms with Crippen LogP contribution in [0.2, 0.25) is 0 Å². The highest BCUT2D eigenvalue weighted by atomic mass is 32.1. The van der Waals surface area contributed by atoms with Gasteiger partial charge in [0, 0.05) is 25.3 Å². The van der Waals surface area contributed by atoms with E-state index in [1.807, 2.05) is 44.2 Å². The van der Waals surface area contributed by atoms with Crippen molar-refractivity contribution in [1.82, 2.24) is 19.9 Å². The lowest BCUT2D eigenvalue weighted by molar-refractivity contribution is 0.0919. The van der Waals surface area contributed by atoms with Crippen molar-refractivity contribution in [2.45, 2.75) is 19.8 Å². The van der Waals surface area contributed by atoms with E-state index in [0.29, 0.717) is 22.5 Å². The summed E-state index contributed by atoms with van der Waals surface area (Å²) in [6.07, 6.45) is 1.67. The molecule has 7 heteroatoms.